The zero-order valence-electron chi connectivity index (χ0n) is 12.8. The Kier molecular flexibility index (Phi) is 6.51. The van der Waals surface area contributed by atoms with Crippen LogP contribution in [0.3, 0.4) is 0 Å². The van der Waals surface area contributed by atoms with Crippen molar-refractivity contribution in [2.75, 3.05) is 32.2 Å². The van der Waals surface area contributed by atoms with Gasteiger partial charge in [-0.25, -0.2) is 4.98 Å². The molecule has 118 valence electrons. The maximum Gasteiger partial charge on any atom is 0.252 e. The molecule has 0 saturated heterocycles. The van der Waals surface area contributed by atoms with Crippen LogP contribution in [0, 0.1) is 6.92 Å². The summed E-state index contributed by atoms with van der Waals surface area (Å²) in [5, 5.41) is 3.34. The lowest BCUT2D eigenvalue weighted by molar-refractivity contribution is -0.121. The van der Waals surface area contributed by atoms with Gasteiger partial charge in [0.25, 0.3) is 5.91 Å². The maximum absolute atomic E-state index is 11.7. The first-order valence-corrected chi connectivity index (χ1v) is 7.86. The van der Waals surface area contributed by atoms with E-state index >= 15 is 0 Å². The van der Waals surface area contributed by atoms with Crippen LogP contribution in [-0.4, -0.2) is 37.8 Å². The van der Waals surface area contributed by atoms with E-state index in [2.05, 4.69) is 41.5 Å². The van der Waals surface area contributed by atoms with Gasteiger partial charge in [-0.1, -0.05) is 29.8 Å². The largest absolute Gasteiger partial charge is 0.382 e. The van der Waals surface area contributed by atoms with E-state index in [9.17, 15) is 4.79 Å². The Morgan fingerprint density at radius 1 is 1.27 bits per heavy atom. The average Bonchev–Trinajstić information content (AvgIpc) is 2.93. The van der Waals surface area contributed by atoms with E-state index in [1.165, 1.54) is 22.5 Å². The molecule has 22 heavy (non-hydrogen) atoms. The Bertz CT molecular complexity index is 596. The zero-order chi connectivity index (χ0) is 15.8. The molecule has 0 fully saturated rings. The number of benzene rings is 1. The molecular formula is C16H20N2O3S. The number of hydrogen-bond donors (Lipinski definition) is 1. The van der Waals surface area contributed by atoms with Crippen molar-refractivity contribution in [1.82, 2.24) is 4.98 Å². The summed E-state index contributed by atoms with van der Waals surface area (Å²) in [6.07, 6.45) is 2.62. The number of thiazole rings is 1. The molecule has 1 N–H and O–H groups in total. The lowest BCUT2D eigenvalue weighted by Gasteiger charge is -2.03. The summed E-state index contributed by atoms with van der Waals surface area (Å²) in [5.74, 6) is -0.202. The highest BCUT2D eigenvalue weighted by molar-refractivity contribution is 7.15. The van der Waals surface area contributed by atoms with Gasteiger partial charge in [0, 0.05) is 24.6 Å². The van der Waals surface area contributed by atoms with Gasteiger partial charge in [0.15, 0.2) is 5.13 Å². The molecule has 5 nitrogen and oxygen atoms in total. The fraction of sp³-hybridized carbons (Fsp3) is 0.375. The molecule has 1 amide bonds. The minimum atomic E-state index is -0.202. The van der Waals surface area contributed by atoms with Crippen LogP contribution in [0.5, 0.6) is 0 Å². The van der Waals surface area contributed by atoms with E-state index in [1.807, 2.05) is 0 Å². The van der Waals surface area contributed by atoms with Crippen LogP contribution in [0.2, 0.25) is 0 Å². The van der Waals surface area contributed by atoms with Crippen LogP contribution < -0.4 is 5.32 Å². The molecule has 0 atom stereocenters. The van der Waals surface area contributed by atoms with E-state index in [0.29, 0.717) is 18.3 Å². The van der Waals surface area contributed by atoms with Crippen molar-refractivity contribution in [2.45, 2.75) is 13.3 Å². The Labute approximate surface area is 134 Å². The normalized spacial score (nSPS) is 10.6. The third-order valence-electron chi connectivity index (χ3n) is 2.96. The van der Waals surface area contributed by atoms with Gasteiger partial charge in [-0.2, -0.15) is 0 Å². The number of carbonyl (C=O) groups is 1. The Morgan fingerprint density at radius 3 is 2.77 bits per heavy atom. The first kappa shape index (κ1) is 16.6. The third kappa shape index (κ3) is 5.55. The van der Waals surface area contributed by atoms with Crippen LogP contribution in [0.1, 0.15) is 16.0 Å². The number of aromatic nitrogens is 1. The van der Waals surface area contributed by atoms with Gasteiger partial charge in [-0.3, -0.25) is 10.1 Å². The summed E-state index contributed by atoms with van der Waals surface area (Å²) < 4.78 is 10.0. The molecule has 1 aromatic heterocycles. The van der Waals surface area contributed by atoms with Crippen LogP contribution in [-0.2, 0) is 20.7 Å². The molecule has 0 spiro atoms. The quantitative estimate of drug-likeness (QED) is 0.760. The summed E-state index contributed by atoms with van der Waals surface area (Å²) in [6, 6.07) is 8.40. The first-order valence-electron chi connectivity index (χ1n) is 7.04. The van der Waals surface area contributed by atoms with Crippen molar-refractivity contribution in [1.29, 1.82) is 0 Å². The Hall–Kier alpha value is -1.76. The maximum atomic E-state index is 11.7. The highest BCUT2D eigenvalue weighted by Crippen LogP contribution is 2.21. The van der Waals surface area contributed by atoms with Crippen molar-refractivity contribution in [2.24, 2.45) is 0 Å². The molecule has 0 bridgehead atoms. The molecule has 1 aromatic carbocycles. The predicted molar refractivity (Wildman–Crippen MR) is 87.4 cm³/mol. The molecule has 0 aliphatic rings. The second-order valence-electron chi connectivity index (χ2n) is 4.89. The average molecular weight is 320 g/mol. The number of aryl methyl sites for hydroxylation is 1. The van der Waals surface area contributed by atoms with Crippen molar-refractivity contribution in [3.05, 3.63) is 46.5 Å². The van der Waals surface area contributed by atoms with Crippen molar-refractivity contribution < 1.29 is 14.3 Å². The second kappa shape index (κ2) is 8.63. The van der Waals surface area contributed by atoms with Crippen LogP contribution in [0.15, 0.2) is 30.5 Å². The lowest BCUT2D eigenvalue weighted by atomic mass is 10.1. The molecular weight excluding hydrogens is 300 g/mol. The summed E-state index contributed by atoms with van der Waals surface area (Å²) in [4.78, 5) is 17.0. The third-order valence-corrected chi connectivity index (χ3v) is 3.88. The molecule has 2 aromatic rings. The summed E-state index contributed by atoms with van der Waals surface area (Å²) >= 11 is 1.48. The van der Waals surface area contributed by atoms with Gasteiger partial charge >= 0.3 is 0 Å². The number of rotatable bonds is 8. The lowest BCUT2D eigenvalue weighted by Crippen LogP contribution is -2.19. The number of hydrogen-bond acceptors (Lipinski definition) is 5. The number of amides is 1. The van der Waals surface area contributed by atoms with E-state index < -0.39 is 0 Å². The fourth-order valence-electron chi connectivity index (χ4n) is 1.82. The molecule has 2 rings (SSSR count). The topological polar surface area (TPSA) is 60.5 Å². The number of carbonyl (C=O) groups excluding carboxylic acids is 1. The van der Waals surface area contributed by atoms with E-state index in [1.54, 1.807) is 13.3 Å². The molecule has 6 heteroatoms. The first-order chi connectivity index (χ1) is 10.7. The van der Waals surface area contributed by atoms with Crippen LogP contribution in [0.25, 0.3) is 0 Å². The van der Waals surface area contributed by atoms with Crippen molar-refractivity contribution in [3.8, 4) is 0 Å². The number of anilines is 1. The van der Waals surface area contributed by atoms with Gasteiger partial charge in [0.2, 0.25) is 0 Å². The standard InChI is InChI=1S/C16H20N2O3S/c1-12-3-5-13(6-4-12)9-14-10-17-16(22-14)18-15(19)11-21-8-7-20-2/h3-6,10H,7-9,11H2,1-2H3,(H,17,18,19). The van der Waals surface area contributed by atoms with Crippen LogP contribution in [0.4, 0.5) is 5.13 Å². The Balaban J connectivity index is 1.80. The second-order valence-corrected chi connectivity index (χ2v) is 6.00. The van der Waals surface area contributed by atoms with E-state index in [0.717, 1.165) is 11.3 Å². The summed E-state index contributed by atoms with van der Waals surface area (Å²) in [5.41, 5.74) is 2.48. The molecule has 0 radical (unpaired) electrons. The molecule has 0 saturated carbocycles. The highest BCUT2D eigenvalue weighted by atomic mass is 32.1. The van der Waals surface area contributed by atoms with Crippen molar-refractivity contribution in [3.63, 3.8) is 0 Å². The van der Waals surface area contributed by atoms with Gasteiger partial charge < -0.3 is 9.47 Å². The molecule has 0 aliphatic heterocycles. The smallest absolute Gasteiger partial charge is 0.252 e. The Morgan fingerprint density at radius 2 is 2.05 bits per heavy atom. The van der Waals surface area contributed by atoms with E-state index in [4.69, 9.17) is 9.47 Å². The van der Waals surface area contributed by atoms with Gasteiger partial charge in [-0.15, -0.1) is 11.3 Å². The number of nitrogens with one attached hydrogen (secondary N) is 1. The van der Waals surface area contributed by atoms with E-state index in [-0.39, 0.29) is 12.5 Å². The predicted octanol–water partition coefficient (Wildman–Crippen LogP) is 2.64. The number of nitrogens with zero attached hydrogens (tertiary/aromatic N) is 1. The SMILES string of the molecule is COCCOCC(=O)Nc1ncc(Cc2ccc(C)cc2)s1. The summed E-state index contributed by atoms with van der Waals surface area (Å²) in [7, 11) is 1.59. The van der Waals surface area contributed by atoms with Gasteiger partial charge in [-0.05, 0) is 12.5 Å². The number of methoxy groups -OCH3 is 1. The highest BCUT2D eigenvalue weighted by Gasteiger charge is 2.07. The molecule has 0 unspecified atom stereocenters. The van der Waals surface area contributed by atoms with Gasteiger partial charge in [0.1, 0.15) is 6.61 Å². The van der Waals surface area contributed by atoms with Crippen molar-refractivity contribution >= 4 is 22.4 Å². The molecule has 0 aliphatic carbocycles. The summed E-state index contributed by atoms with van der Waals surface area (Å²) in [6.45, 7) is 2.96. The fourth-order valence-corrected chi connectivity index (χ4v) is 2.68. The minimum absolute atomic E-state index is 0.0102. The van der Waals surface area contributed by atoms with Crippen LogP contribution >= 0.6 is 11.3 Å². The molecule has 1 heterocycles. The zero-order valence-corrected chi connectivity index (χ0v) is 13.6. The minimum Gasteiger partial charge on any atom is -0.382 e. The number of ether oxygens (including phenoxy) is 2. The monoisotopic (exact) mass is 320 g/mol. The van der Waals surface area contributed by atoms with Gasteiger partial charge in [0.05, 0.1) is 13.2 Å².